The second-order valence-electron chi connectivity index (χ2n) is 20.8. The molecule has 2 aromatic carbocycles. The number of aromatic hydroxyl groups is 1. The molecule has 430 valence electrons. The maximum Gasteiger partial charge on any atom is 0.510 e. The number of esters is 1. The van der Waals surface area contributed by atoms with Crippen LogP contribution in [0.2, 0.25) is 0 Å². The van der Waals surface area contributed by atoms with Crippen molar-refractivity contribution in [3.63, 3.8) is 0 Å². The molecule has 0 spiro atoms. The molecule has 4 aromatic heterocycles. The number of aromatic nitrogens is 7. The molecule has 2 aliphatic rings. The van der Waals surface area contributed by atoms with E-state index in [-0.39, 0.29) is 62.1 Å². The molecule has 0 fully saturated rings. The number of fused-ring (bicyclic) bond motifs is 5. The van der Waals surface area contributed by atoms with Crippen molar-refractivity contribution in [3.8, 4) is 29.0 Å². The summed E-state index contributed by atoms with van der Waals surface area (Å²) < 4.78 is 31.3. The zero-order valence-electron chi connectivity index (χ0n) is 46.2. The molecule has 6 aromatic rings. The number of unbranched alkanes of at least 4 members (excludes halogenated alkanes) is 1. The number of benzene rings is 2. The predicted molar refractivity (Wildman–Crippen MR) is 298 cm³/mol. The molecular weight excluding hydrogens is 1080 g/mol. The van der Waals surface area contributed by atoms with Gasteiger partial charge in [-0.2, -0.15) is 0 Å². The molecule has 8 rings (SSSR count). The zero-order chi connectivity index (χ0) is 58.8. The van der Waals surface area contributed by atoms with Gasteiger partial charge in [-0.05, 0) is 94.5 Å². The number of pyridine rings is 2. The minimum Gasteiger partial charge on any atom is -0.508 e. The van der Waals surface area contributed by atoms with Gasteiger partial charge in [0.15, 0.2) is 5.16 Å². The van der Waals surface area contributed by atoms with Gasteiger partial charge in [0.1, 0.15) is 37.9 Å². The first-order valence-electron chi connectivity index (χ1n) is 26.4. The van der Waals surface area contributed by atoms with E-state index in [4.69, 9.17) is 28.7 Å². The van der Waals surface area contributed by atoms with Crippen LogP contribution < -0.4 is 26.8 Å². The Labute approximate surface area is 476 Å². The Kier molecular flexibility index (Phi) is 18.7. The number of thiol groups is 1. The van der Waals surface area contributed by atoms with Crippen LogP contribution in [0, 0.1) is 11.8 Å². The third-order valence-electron chi connectivity index (χ3n) is 13.3. The molecule has 4 amide bonds. The fourth-order valence-electron chi connectivity index (χ4n) is 9.30. The average Bonchev–Trinajstić information content (AvgIpc) is 1.99. The molecule has 0 bridgehead atoms. The van der Waals surface area contributed by atoms with Gasteiger partial charge in [0, 0.05) is 47.4 Å². The number of phenolic OH excluding ortho intramolecular Hbond substituents is 1. The van der Waals surface area contributed by atoms with Crippen molar-refractivity contribution in [2.45, 2.75) is 128 Å². The van der Waals surface area contributed by atoms with Gasteiger partial charge in [0.2, 0.25) is 29.2 Å². The largest absolute Gasteiger partial charge is 0.510 e. The summed E-state index contributed by atoms with van der Waals surface area (Å²) in [4.78, 5) is 104. The van der Waals surface area contributed by atoms with Crippen molar-refractivity contribution in [1.82, 2.24) is 50.5 Å². The van der Waals surface area contributed by atoms with Gasteiger partial charge in [-0.25, -0.2) is 29.2 Å². The number of cyclic esters (lactones) is 1. The summed E-state index contributed by atoms with van der Waals surface area (Å²) in [6.07, 6.45) is 5.67. The van der Waals surface area contributed by atoms with Crippen LogP contribution in [0.5, 0.6) is 5.75 Å². The summed E-state index contributed by atoms with van der Waals surface area (Å²) in [5.41, 5.74) is 1.90. The molecular formula is C57H63N11O13S. The van der Waals surface area contributed by atoms with Crippen LogP contribution >= 0.6 is 12.6 Å². The van der Waals surface area contributed by atoms with E-state index in [1.807, 2.05) is 20.8 Å². The topological polar surface area (TPSA) is 308 Å². The minimum absolute atomic E-state index is 0.0725. The smallest absolute Gasteiger partial charge is 0.508 e. The summed E-state index contributed by atoms with van der Waals surface area (Å²) in [7, 11) is 0. The number of phenols is 1. The lowest BCUT2D eigenvalue weighted by molar-refractivity contribution is -0.175. The molecule has 82 heavy (non-hydrogen) atoms. The lowest BCUT2D eigenvalue weighted by atomic mass is 9.85. The van der Waals surface area contributed by atoms with Crippen LogP contribution in [0.1, 0.15) is 106 Å². The highest BCUT2D eigenvalue weighted by Crippen LogP contribution is 2.42. The van der Waals surface area contributed by atoms with Crippen molar-refractivity contribution in [2.75, 3.05) is 31.7 Å². The maximum absolute atomic E-state index is 14.1. The third-order valence-corrected chi connectivity index (χ3v) is 13.6. The molecule has 0 radical (unpaired) electrons. The molecule has 0 saturated heterocycles. The monoisotopic (exact) mass is 1140 g/mol. The van der Waals surface area contributed by atoms with Crippen molar-refractivity contribution in [3.05, 3.63) is 117 Å². The van der Waals surface area contributed by atoms with E-state index >= 15 is 0 Å². The Hall–Kier alpha value is -8.73. The van der Waals surface area contributed by atoms with Gasteiger partial charge in [-0.1, -0.05) is 43.0 Å². The van der Waals surface area contributed by atoms with Crippen molar-refractivity contribution >= 4 is 65.0 Å². The highest BCUT2D eigenvalue weighted by atomic mass is 32.1. The average molecular weight is 1140 g/mol. The number of aryl methyl sites for hydroxylation is 1. The maximum atomic E-state index is 14.1. The molecule has 0 unspecified atom stereocenters. The second-order valence-corrected chi connectivity index (χ2v) is 21.2. The molecule has 25 heteroatoms. The number of anilines is 1. The highest BCUT2D eigenvalue weighted by Gasteiger charge is 2.51. The first-order chi connectivity index (χ1) is 39.1. The Morgan fingerprint density at radius 1 is 0.927 bits per heavy atom. The Bertz CT molecular complexity index is 3540. The third kappa shape index (κ3) is 14.8. The number of amides is 4. The zero-order valence-corrected chi connectivity index (χ0v) is 47.1. The fourth-order valence-corrected chi connectivity index (χ4v) is 9.42. The van der Waals surface area contributed by atoms with Crippen molar-refractivity contribution in [1.29, 1.82) is 0 Å². The molecule has 2 aliphatic heterocycles. The predicted octanol–water partition coefficient (Wildman–Crippen LogP) is 4.68. The van der Waals surface area contributed by atoms with Crippen LogP contribution in [0.25, 0.3) is 22.3 Å². The number of rotatable bonds is 23. The number of hydrogen-bond acceptors (Lipinski definition) is 19. The summed E-state index contributed by atoms with van der Waals surface area (Å²) in [5.74, 6) is 3.39. The lowest BCUT2D eigenvalue weighted by Crippen LogP contribution is -2.50. The molecule has 6 heterocycles. The van der Waals surface area contributed by atoms with Crippen LogP contribution in [-0.2, 0) is 92.5 Å². The van der Waals surface area contributed by atoms with E-state index in [2.05, 4.69) is 66.0 Å². The molecule has 0 aliphatic carbocycles. The van der Waals surface area contributed by atoms with Crippen LogP contribution in [0.4, 0.5) is 10.5 Å². The molecule has 24 nitrogen and oxygen atoms in total. The van der Waals surface area contributed by atoms with Gasteiger partial charge in [-0.15, -0.1) is 17.7 Å². The van der Waals surface area contributed by atoms with E-state index in [9.17, 15) is 38.7 Å². The first kappa shape index (κ1) is 59.4. The number of carbonyl (C=O) groups excluding carboxylic acids is 6. The van der Waals surface area contributed by atoms with E-state index < -0.39 is 71.9 Å². The number of hydrogen-bond donors (Lipinski definition) is 6. The normalized spacial score (nSPS) is 14.3. The fraction of sp³-hybridized carbons (Fsp3) is 0.404. The van der Waals surface area contributed by atoms with Gasteiger partial charge >= 0.3 is 12.1 Å². The SMILES string of the molecule is CCc1c2c(nc3ccc(O)cc13)-c1cc3c(c(=O)n1C2)COC(=O)[C@@]3(CC)OC(=O)OCc1ccc(NC(=O)CNC(=O)COCC(=O)NC(C)(C)COC(C)(C)Cn2cc(CNC(=O)CCCC#Cc3cnc(S)nc3)nn2)cc1. The van der Waals surface area contributed by atoms with Gasteiger partial charge in [0.05, 0.1) is 78.2 Å². The first-order valence-corrected chi connectivity index (χ1v) is 26.9. The molecule has 1 atom stereocenters. The molecule has 0 saturated carbocycles. The van der Waals surface area contributed by atoms with Crippen LogP contribution in [0.3, 0.4) is 0 Å². The lowest BCUT2D eigenvalue weighted by Gasteiger charge is -2.35. The van der Waals surface area contributed by atoms with Crippen LogP contribution in [-0.4, -0.2) is 113 Å². The Morgan fingerprint density at radius 3 is 2.43 bits per heavy atom. The number of nitrogens with zero attached hydrogens (tertiary/aromatic N) is 7. The number of carbonyl (C=O) groups is 6. The van der Waals surface area contributed by atoms with E-state index in [0.29, 0.717) is 76.8 Å². The van der Waals surface area contributed by atoms with E-state index in [1.54, 1.807) is 91.1 Å². The van der Waals surface area contributed by atoms with E-state index in [1.165, 1.54) is 6.07 Å². The summed E-state index contributed by atoms with van der Waals surface area (Å²) >= 11 is 4.05. The standard InChI is InChI=1S/C57H63N11O13S/c1-7-39-40-20-38(69)18-19-44(40)63-50-41(39)27-68-45(50)21-43-42(51(68)74)29-78-52(75)57(43,8-2)81-54(76)79-28-34-14-16-36(17-15-34)62-47(71)25-59-48(72)30-77-31-49(73)64-55(3,4)33-80-56(5,6)32-67-26-37(65-66-67)24-58-46(70)13-11-9-10-12-35-22-60-53(82)61-23-35/h14-23,26,69H,7-9,11,13,24-25,27-33H2,1-6H3,(H,58,70)(H,59,72)(H,62,71)(H,64,73)(H,60,61,82)/t57-/m0/s1. The number of nitrogens with one attached hydrogen (secondary N) is 4. The minimum atomic E-state index is -1.99. The van der Waals surface area contributed by atoms with Crippen LogP contribution in [0.15, 0.2) is 77.1 Å². The van der Waals surface area contributed by atoms with Gasteiger partial charge in [0.25, 0.3) is 5.56 Å². The Morgan fingerprint density at radius 2 is 1.68 bits per heavy atom. The summed E-state index contributed by atoms with van der Waals surface area (Å²) in [6.45, 7) is 9.84. The summed E-state index contributed by atoms with van der Waals surface area (Å²) in [6, 6.07) is 12.8. The van der Waals surface area contributed by atoms with Crippen molar-refractivity contribution in [2.24, 2.45) is 0 Å². The van der Waals surface area contributed by atoms with Crippen molar-refractivity contribution < 1.29 is 57.6 Å². The second kappa shape index (κ2) is 25.8. The van der Waals surface area contributed by atoms with Gasteiger partial charge < -0.3 is 54.6 Å². The number of ether oxygens (including phenoxy) is 5. The molecule has 5 N–H and O–H groups in total. The van der Waals surface area contributed by atoms with E-state index in [0.717, 1.165) is 16.5 Å². The quantitative estimate of drug-likeness (QED) is 0.0167. The Balaban J connectivity index is 0.716. The summed E-state index contributed by atoms with van der Waals surface area (Å²) in [5, 5.41) is 30.4. The van der Waals surface area contributed by atoms with Gasteiger partial charge in [-0.3, -0.25) is 24.0 Å². The highest BCUT2D eigenvalue weighted by molar-refractivity contribution is 7.80.